The van der Waals surface area contributed by atoms with Crippen LogP contribution in [0.5, 0.6) is 0 Å². The molecule has 1 aliphatic rings. The maximum absolute atomic E-state index is 12.7. The minimum Gasteiger partial charge on any atom is -0.299 e. The van der Waals surface area contributed by atoms with E-state index in [1.54, 1.807) is 0 Å². The van der Waals surface area contributed by atoms with Gasteiger partial charge in [-0.05, 0) is 30.4 Å². The first-order valence-electron chi connectivity index (χ1n) is 10.3. The summed E-state index contributed by atoms with van der Waals surface area (Å²) in [4.78, 5) is 12.7. The lowest BCUT2D eigenvalue weighted by Gasteiger charge is -2.25. The first-order chi connectivity index (χ1) is 11.5. The van der Waals surface area contributed by atoms with Gasteiger partial charge in [-0.1, -0.05) is 83.9 Å². The summed E-state index contributed by atoms with van der Waals surface area (Å²) < 4.78 is 0. The molecule has 0 aliphatic heterocycles. The van der Waals surface area contributed by atoms with Crippen molar-refractivity contribution in [3.8, 4) is 11.5 Å². The fourth-order valence-electron chi connectivity index (χ4n) is 3.44. The van der Waals surface area contributed by atoms with Crippen LogP contribution in [-0.4, -0.2) is 21.9 Å². The quantitative estimate of drug-likeness (QED) is 0.220. The number of carbonyl (C=O) groups is 1. The Morgan fingerprint density at radius 1 is 1.12 bits per heavy atom. The zero-order valence-corrected chi connectivity index (χ0v) is 19.8. The average molecular weight is 377 g/mol. The lowest BCUT2D eigenvalue weighted by atomic mass is 9.83. The molecule has 25 heavy (non-hydrogen) atoms. The molecule has 1 nitrogen and oxygen atoms in total. The fourth-order valence-corrected chi connectivity index (χ4v) is 5.23. The van der Waals surface area contributed by atoms with E-state index in [-0.39, 0.29) is 5.92 Å². The third-order valence-electron chi connectivity index (χ3n) is 5.02. The normalized spacial score (nSPS) is 23.0. The summed E-state index contributed by atoms with van der Waals surface area (Å²) in [7, 11) is -2.86. The molecule has 1 fully saturated rings. The SMILES string of the molecule is CCCCCC1C(=O)CCCCC1/C=C(\C#C[Si](C)(C)C)[Si](C)(C)C. The molecule has 1 aliphatic carbocycles. The van der Waals surface area contributed by atoms with Crippen LogP contribution in [0.4, 0.5) is 0 Å². The maximum atomic E-state index is 12.7. The van der Waals surface area contributed by atoms with Crippen LogP contribution in [0.1, 0.15) is 58.3 Å². The van der Waals surface area contributed by atoms with E-state index in [0.717, 1.165) is 19.3 Å². The number of allylic oxidation sites excluding steroid dienone is 2. The van der Waals surface area contributed by atoms with Gasteiger partial charge in [0.1, 0.15) is 13.9 Å². The fraction of sp³-hybridized carbons (Fsp3) is 0.773. The van der Waals surface area contributed by atoms with Crippen molar-refractivity contribution < 1.29 is 4.79 Å². The molecule has 2 unspecified atom stereocenters. The van der Waals surface area contributed by atoms with Crippen LogP contribution >= 0.6 is 0 Å². The average Bonchev–Trinajstić information content (AvgIpc) is 2.64. The minimum atomic E-state index is -1.48. The molecule has 0 aromatic carbocycles. The number of rotatable bonds is 6. The van der Waals surface area contributed by atoms with Crippen LogP contribution in [0, 0.1) is 23.3 Å². The molecule has 2 atom stereocenters. The highest BCUT2D eigenvalue weighted by Crippen LogP contribution is 2.33. The summed E-state index contributed by atoms with van der Waals surface area (Å²) >= 11 is 0. The van der Waals surface area contributed by atoms with E-state index >= 15 is 0 Å². The first kappa shape index (κ1) is 22.4. The summed E-state index contributed by atoms with van der Waals surface area (Å²) in [5.41, 5.74) is 3.58. The number of hydrogen-bond acceptors (Lipinski definition) is 1. The van der Waals surface area contributed by atoms with E-state index in [1.165, 1.54) is 37.3 Å². The molecule has 0 amide bonds. The van der Waals surface area contributed by atoms with Crippen LogP contribution in [-0.2, 0) is 4.79 Å². The van der Waals surface area contributed by atoms with Crippen molar-refractivity contribution in [1.82, 2.24) is 0 Å². The van der Waals surface area contributed by atoms with Crippen molar-refractivity contribution in [2.24, 2.45) is 11.8 Å². The maximum Gasteiger partial charge on any atom is 0.136 e. The molecule has 0 N–H and O–H groups in total. The van der Waals surface area contributed by atoms with Crippen molar-refractivity contribution in [3.05, 3.63) is 11.3 Å². The second kappa shape index (κ2) is 9.92. The summed E-state index contributed by atoms with van der Waals surface area (Å²) in [6, 6.07) is 0. The minimum absolute atomic E-state index is 0.245. The highest BCUT2D eigenvalue weighted by atomic mass is 28.3. The van der Waals surface area contributed by atoms with Gasteiger partial charge in [-0.2, -0.15) is 0 Å². The largest absolute Gasteiger partial charge is 0.299 e. The Kier molecular flexibility index (Phi) is 8.91. The highest BCUT2D eigenvalue weighted by molar-refractivity contribution is 6.86. The standard InChI is InChI=1S/C22H40OSi2/c1-8-9-10-14-21-19(13-11-12-15-22(21)23)18-20(25(5,6)7)16-17-24(2,3)4/h18-19,21H,8-15H2,1-7H3/b20-18+. The Bertz CT molecular complexity index is 523. The Labute approximate surface area is 159 Å². The summed E-state index contributed by atoms with van der Waals surface area (Å²) in [5, 5.41) is 1.38. The molecule has 0 aromatic heterocycles. The van der Waals surface area contributed by atoms with E-state index in [2.05, 4.69) is 63.7 Å². The third-order valence-corrected chi connectivity index (χ3v) is 7.80. The molecule has 142 valence electrons. The predicted molar refractivity (Wildman–Crippen MR) is 117 cm³/mol. The van der Waals surface area contributed by atoms with Gasteiger partial charge in [0.2, 0.25) is 0 Å². The molecule has 0 radical (unpaired) electrons. The van der Waals surface area contributed by atoms with Crippen LogP contribution in [0.2, 0.25) is 39.3 Å². The van der Waals surface area contributed by atoms with Crippen molar-refractivity contribution in [2.45, 2.75) is 97.6 Å². The summed E-state index contributed by atoms with van der Waals surface area (Å²) in [5.74, 6) is 4.78. The van der Waals surface area contributed by atoms with Crippen LogP contribution in [0.25, 0.3) is 0 Å². The van der Waals surface area contributed by atoms with Crippen molar-refractivity contribution >= 4 is 21.9 Å². The highest BCUT2D eigenvalue weighted by Gasteiger charge is 2.30. The lowest BCUT2D eigenvalue weighted by molar-refractivity contribution is -0.123. The molecule has 0 saturated heterocycles. The zero-order valence-electron chi connectivity index (χ0n) is 17.8. The molecular formula is C22H40OSi2. The van der Waals surface area contributed by atoms with Crippen molar-refractivity contribution in [3.63, 3.8) is 0 Å². The second-order valence-electron chi connectivity index (χ2n) is 9.81. The van der Waals surface area contributed by atoms with Gasteiger partial charge in [0.15, 0.2) is 0 Å². The molecule has 0 heterocycles. The van der Waals surface area contributed by atoms with Crippen LogP contribution < -0.4 is 0 Å². The molecule has 0 bridgehead atoms. The van der Waals surface area contributed by atoms with E-state index in [9.17, 15) is 4.79 Å². The van der Waals surface area contributed by atoms with E-state index < -0.39 is 16.1 Å². The van der Waals surface area contributed by atoms with E-state index in [1.807, 2.05) is 0 Å². The second-order valence-corrected chi connectivity index (χ2v) is 19.6. The molecule has 1 rings (SSSR count). The van der Waals surface area contributed by atoms with Gasteiger partial charge in [0, 0.05) is 12.3 Å². The van der Waals surface area contributed by atoms with Gasteiger partial charge in [0.05, 0.1) is 8.07 Å². The van der Waals surface area contributed by atoms with Crippen LogP contribution in [0.15, 0.2) is 11.3 Å². The Morgan fingerprint density at radius 3 is 2.36 bits per heavy atom. The number of Topliss-reactive ketones (excluding diaryl/α,β-unsaturated/α-hetero) is 1. The van der Waals surface area contributed by atoms with Gasteiger partial charge < -0.3 is 0 Å². The van der Waals surface area contributed by atoms with E-state index in [4.69, 9.17) is 0 Å². The Morgan fingerprint density at radius 2 is 1.80 bits per heavy atom. The number of carbonyl (C=O) groups excluding carboxylic acids is 1. The van der Waals surface area contributed by atoms with Gasteiger partial charge in [-0.15, -0.1) is 5.54 Å². The molecule has 0 aromatic rings. The molecule has 3 heteroatoms. The molecular weight excluding hydrogens is 336 g/mol. The monoisotopic (exact) mass is 376 g/mol. The van der Waals surface area contributed by atoms with Crippen molar-refractivity contribution in [1.29, 1.82) is 0 Å². The Hall–Kier alpha value is -0.596. The van der Waals surface area contributed by atoms with Gasteiger partial charge in [-0.3, -0.25) is 4.79 Å². The topological polar surface area (TPSA) is 17.1 Å². The van der Waals surface area contributed by atoms with Crippen molar-refractivity contribution in [2.75, 3.05) is 0 Å². The molecule has 0 spiro atoms. The van der Waals surface area contributed by atoms with E-state index in [0.29, 0.717) is 11.7 Å². The van der Waals surface area contributed by atoms with Gasteiger partial charge in [-0.25, -0.2) is 0 Å². The number of hydrogen-bond donors (Lipinski definition) is 0. The molecule has 1 saturated carbocycles. The third kappa shape index (κ3) is 8.55. The number of ketones is 1. The smallest absolute Gasteiger partial charge is 0.136 e. The Balaban J connectivity index is 3.14. The van der Waals surface area contributed by atoms with Gasteiger partial charge in [0.25, 0.3) is 0 Å². The lowest BCUT2D eigenvalue weighted by Crippen LogP contribution is -2.27. The summed E-state index contributed by atoms with van der Waals surface area (Å²) in [6.07, 6.45) is 11.4. The first-order valence-corrected chi connectivity index (χ1v) is 17.3. The predicted octanol–water partition coefficient (Wildman–Crippen LogP) is 6.63. The summed E-state index contributed by atoms with van der Waals surface area (Å²) in [6.45, 7) is 16.3. The zero-order chi connectivity index (χ0) is 19.1. The van der Waals surface area contributed by atoms with Crippen LogP contribution in [0.3, 0.4) is 0 Å². The van der Waals surface area contributed by atoms with Gasteiger partial charge >= 0.3 is 0 Å². The number of unbranched alkanes of at least 4 members (excludes halogenated alkanes) is 2.